The Morgan fingerprint density at radius 2 is 2.19 bits per heavy atom. The van der Waals surface area contributed by atoms with Crippen LogP contribution in [-0.2, 0) is 4.74 Å². The van der Waals surface area contributed by atoms with Crippen LogP contribution in [0.1, 0.15) is 30.1 Å². The number of nitrogens with one attached hydrogen (secondary N) is 2. The molecule has 1 aliphatic rings. The number of benzene rings is 1. The van der Waals surface area contributed by atoms with Gasteiger partial charge in [-0.25, -0.2) is 9.59 Å². The molecular formula is C14H17ClN2O4. The molecular weight excluding hydrogens is 296 g/mol. The molecule has 1 heterocycles. The third-order valence-electron chi connectivity index (χ3n) is 3.28. The first kappa shape index (κ1) is 15.6. The Morgan fingerprint density at radius 3 is 2.86 bits per heavy atom. The van der Waals surface area contributed by atoms with E-state index in [4.69, 9.17) is 21.4 Å². The zero-order valence-electron chi connectivity index (χ0n) is 11.6. The molecule has 2 amide bonds. The van der Waals surface area contributed by atoms with E-state index in [0.29, 0.717) is 11.6 Å². The number of ether oxygens (including phenoxy) is 1. The third-order valence-corrected chi connectivity index (χ3v) is 3.52. The van der Waals surface area contributed by atoms with Gasteiger partial charge in [0, 0.05) is 17.7 Å². The van der Waals surface area contributed by atoms with Crippen LogP contribution in [0.25, 0.3) is 0 Å². The van der Waals surface area contributed by atoms with Crippen molar-refractivity contribution in [1.82, 2.24) is 5.32 Å². The zero-order valence-corrected chi connectivity index (χ0v) is 12.3. The van der Waals surface area contributed by atoms with Gasteiger partial charge in [0.25, 0.3) is 0 Å². The zero-order chi connectivity index (χ0) is 15.4. The Morgan fingerprint density at radius 1 is 1.43 bits per heavy atom. The molecule has 2 unspecified atom stereocenters. The monoisotopic (exact) mass is 312 g/mol. The summed E-state index contributed by atoms with van der Waals surface area (Å²) >= 11 is 5.83. The third kappa shape index (κ3) is 4.34. The molecule has 6 nitrogen and oxygen atoms in total. The summed E-state index contributed by atoms with van der Waals surface area (Å²) in [6.45, 7) is 2.55. The molecule has 0 radical (unpaired) electrons. The first-order valence-electron chi connectivity index (χ1n) is 6.67. The first-order chi connectivity index (χ1) is 9.95. The summed E-state index contributed by atoms with van der Waals surface area (Å²) in [4.78, 5) is 23.1. The lowest BCUT2D eigenvalue weighted by Gasteiger charge is -2.28. The van der Waals surface area contributed by atoms with Crippen molar-refractivity contribution in [2.24, 2.45) is 0 Å². The van der Waals surface area contributed by atoms with Crippen molar-refractivity contribution in [3.63, 3.8) is 0 Å². The second kappa shape index (κ2) is 6.78. The van der Waals surface area contributed by atoms with Gasteiger partial charge in [0.1, 0.15) is 0 Å². The van der Waals surface area contributed by atoms with E-state index in [9.17, 15) is 9.59 Å². The summed E-state index contributed by atoms with van der Waals surface area (Å²) in [5, 5.41) is 14.8. The fraction of sp³-hybridized carbons (Fsp3) is 0.429. The number of carbonyl (C=O) groups excluding carboxylic acids is 1. The second-order valence-corrected chi connectivity index (χ2v) is 5.43. The van der Waals surface area contributed by atoms with Gasteiger partial charge in [-0.1, -0.05) is 11.6 Å². The lowest BCUT2D eigenvalue weighted by atomic mass is 10.0. The van der Waals surface area contributed by atoms with Gasteiger partial charge in [0.05, 0.1) is 17.4 Å². The Balaban J connectivity index is 2.02. The molecule has 1 aliphatic heterocycles. The van der Waals surface area contributed by atoms with Crippen molar-refractivity contribution >= 4 is 29.3 Å². The summed E-state index contributed by atoms with van der Waals surface area (Å²) in [6, 6.07) is 3.81. The van der Waals surface area contributed by atoms with Crippen LogP contribution in [0.4, 0.5) is 10.5 Å². The molecule has 2 atom stereocenters. The molecule has 1 saturated heterocycles. The fourth-order valence-electron chi connectivity index (χ4n) is 2.28. The number of halogens is 1. The highest BCUT2D eigenvalue weighted by Crippen LogP contribution is 2.21. The molecule has 0 saturated carbocycles. The van der Waals surface area contributed by atoms with E-state index in [1.807, 2.05) is 6.92 Å². The Hall–Kier alpha value is -1.79. The quantitative estimate of drug-likeness (QED) is 0.800. The van der Waals surface area contributed by atoms with E-state index in [2.05, 4.69) is 10.6 Å². The molecule has 0 aliphatic carbocycles. The van der Waals surface area contributed by atoms with Crippen LogP contribution >= 0.6 is 11.6 Å². The molecule has 21 heavy (non-hydrogen) atoms. The minimum absolute atomic E-state index is 0.00473. The Kier molecular flexibility index (Phi) is 5.03. The molecule has 1 fully saturated rings. The maximum atomic E-state index is 12.0. The fourth-order valence-corrected chi connectivity index (χ4v) is 2.45. The van der Waals surface area contributed by atoms with Crippen LogP contribution in [0.3, 0.4) is 0 Å². The predicted molar refractivity (Wildman–Crippen MR) is 79.0 cm³/mol. The minimum Gasteiger partial charge on any atom is -0.478 e. The van der Waals surface area contributed by atoms with Crippen molar-refractivity contribution in [2.45, 2.75) is 31.9 Å². The normalized spacial score (nSPS) is 21.6. The van der Waals surface area contributed by atoms with Gasteiger partial charge >= 0.3 is 12.0 Å². The van der Waals surface area contributed by atoms with Crippen LogP contribution in [0.15, 0.2) is 18.2 Å². The van der Waals surface area contributed by atoms with Gasteiger partial charge < -0.3 is 20.5 Å². The number of aromatic carboxylic acids is 1. The van der Waals surface area contributed by atoms with Gasteiger partial charge in [-0.2, -0.15) is 0 Å². The van der Waals surface area contributed by atoms with Gasteiger partial charge in [-0.15, -0.1) is 0 Å². The van der Waals surface area contributed by atoms with Crippen LogP contribution in [0, 0.1) is 0 Å². The van der Waals surface area contributed by atoms with E-state index in [0.717, 1.165) is 12.8 Å². The molecule has 0 aromatic heterocycles. The maximum absolute atomic E-state index is 12.0. The van der Waals surface area contributed by atoms with Crippen LogP contribution in [0.5, 0.6) is 0 Å². The standard InChI is InChI=1S/C14H17ClN2O4/c1-8-6-10(4-5-21-8)16-14(20)17-12-7-9(15)2-3-11(12)13(18)19/h2-3,7-8,10H,4-6H2,1H3,(H,18,19)(H2,16,17,20). The van der Waals surface area contributed by atoms with Gasteiger partial charge in [0.2, 0.25) is 0 Å². The van der Waals surface area contributed by atoms with Crippen molar-refractivity contribution < 1.29 is 19.4 Å². The van der Waals surface area contributed by atoms with Crippen molar-refractivity contribution in [3.05, 3.63) is 28.8 Å². The SMILES string of the molecule is CC1CC(NC(=O)Nc2cc(Cl)ccc2C(=O)O)CCO1. The van der Waals surface area contributed by atoms with E-state index < -0.39 is 12.0 Å². The molecule has 0 bridgehead atoms. The molecule has 1 aromatic carbocycles. The average molecular weight is 313 g/mol. The van der Waals surface area contributed by atoms with E-state index in [-0.39, 0.29) is 23.4 Å². The largest absolute Gasteiger partial charge is 0.478 e. The lowest BCUT2D eigenvalue weighted by Crippen LogP contribution is -2.43. The average Bonchev–Trinajstić information content (AvgIpc) is 2.38. The number of carboxylic acid groups (broad SMARTS) is 1. The van der Waals surface area contributed by atoms with Crippen molar-refractivity contribution in [1.29, 1.82) is 0 Å². The van der Waals surface area contributed by atoms with Crippen LogP contribution in [0.2, 0.25) is 5.02 Å². The maximum Gasteiger partial charge on any atom is 0.337 e. The lowest BCUT2D eigenvalue weighted by molar-refractivity contribution is 0.0157. The molecule has 114 valence electrons. The second-order valence-electron chi connectivity index (χ2n) is 5.00. The van der Waals surface area contributed by atoms with Crippen LogP contribution < -0.4 is 10.6 Å². The van der Waals surface area contributed by atoms with Gasteiger partial charge in [-0.3, -0.25) is 0 Å². The summed E-state index contributed by atoms with van der Waals surface area (Å²) in [7, 11) is 0. The molecule has 1 aromatic rings. The number of carboxylic acids is 1. The molecule has 0 spiro atoms. The smallest absolute Gasteiger partial charge is 0.337 e. The summed E-state index contributed by atoms with van der Waals surface area (Å²) in [5.74, 6) is -1.12. The number of hydrogen-bond acceptors (Lipinski definition) is 3. The van der Waals surface area contributed by atoms with Crippen LogP contribution in [-0.4, -0.2) is 35.9 Å². The van der Waals surface area contributed by atoms with Gasteiger partial charge in [0.15, 0.2) is 0 Å². The molecule has 7 heteroatoms. The van der Waals surface area contributed by atoms with E-state index in [1.54, 1.807) is 0 Å². The van der Waals surface area contributed by atoms with Crippen molar-refractivity contribution in [2.75, 3.05) is 11.9 Å². The number of carbonyl (C=O) groups is 2. The molecule has 3 N–H and O–H groups in total. The minimum atomic E-state index is -1.12. The Bertz CT molecular complexity index is 550. The first-order valence-corrected chi connectivity index (χ1v) is 7.05. The van der Waals surface area contributed by atoms with Crippen molar-refractivity contribution in [3.8, 4) is 0 Å². The summed E-state index contributed by atoms with van der Waals surface area (Å²) in [6.07, 6.45) is 1.57. The Labute approximate surface area is 127 Å². The molecule has 2 rings (SSSR count). The summed E-state index contributed by atoms with van der Waals surface area (Å²) in [5.41, 5.74) is 0.169. The number of rotatable bonds is 3. The number of hydrogen-bond donors (Lipinski definition) is 3. The highest BCUT2D eigenvalue weighted by atomic mass is 35.5. The highest BCUT2D eigenvalue weighted by Gasteiger charge is 2.21. The number of amides is 2. The topological polar surface area (TPSA) is 87.7 Å². The predicted octanol–water partition coefficient (Wildman–Crippen LogP) is 2.73. The highest BCUT2D eigenvalue weighted by molar-refractivity contribution is 6.31. The number of urea groups is 1. The number of anilines is 1. The van der Waals surface area contributed by atoms with E-state index in [1.165, 1.54) is 18.2 Å². The van der Waals surface area contributed by atoms with Gasteiger partial charge in [-0.05, 0) is 38.0 Å². The van der Waals surface area contributed by atoms with E-state index >= 15 is 0 Å². The summed E-state index contributed by atoms with van der Waals surface area (Å²) < 4.78 is 5.41.